The minimum atomic E-state index is 0.127. The minimum absolute atomic E-state index is 0.127. The topological polar surface area (TPSA) is 32.3 Å². The first-order valence-electron chi connectivity index (χ1n) is 6.19. The zero-order chi connectivity index (χ0) is 12.4. The molecule has 3 heteroatoms. The van der Waals surface area contributed by atoms with Crippen molar-refractivity contribution in [2.75, 3.05) is 18.0 Å². The van der Waals surface area contributed by atoms with Gasteiger partial charge in [0.1, 0.15) is 0 Å². The van der Waals surface area contributed by atoms with Gasteiger partial charge in [0.25, 0.3) is 0 Å². The van der Waals surface area contributed by atoms with E-state index in [0.717, 1.165) is 24.3 Å². The molecular weight excluding hydrogens is 212 g/mol. The van der Waals surface area contributed by atoms with Crippen molar-refractivity contribution in [2.24, 2.45) is 0 Å². The second-order valence-corrected chi connectivity index (χ2v) is 4.87. The monoisotopic (exact) mass is 232 g/mol. The summed E-state index contributed by atoms with van der Waals surface area (Å²) in [6.45, 7) is 8.03. The molecule has 2 atom stereocenters. The second kappa shape index (κ2) is 4.88. The molecule has 0 radical (unpaired) electrons. The van der Waals surface area contributed by atoms with Crippen molar-refractivity contribution in [2.45, 2.75) is 32.9 Å². The molecule has 1 aromatic rings. The molecular formula is C14H20N2O. The number of carbonyl (C=O) groups is 1. The molecule has 17 heavy (non-hydrogen) atoms. The van der Waals surface area contributed by atoms with Gasteiger partial charge >= 0.3 is 0 Å². The van der Waals surface area contributed by atoms with Crippen molar-refractivity contribution in [3.05, 3.63) is 29.8 Å². The predicted octanol–water partition coefficient (Wildman–Crippen LogP) is 2.08. The first kappa shape index (κ1) is 12.1. The largest absolute Gasteiger partial charge is 0.364 e. The highest BCUT2D eigenvalue weighted by molar-refractivity contribution is 5.95. The minimum Gasteiger partial charge on any atom is -0.364 e. The summed E-state index contributed by atoms with van der Waals surface area (Å²) in [6.07, 6.45) is 0. The molecule has 0 bridgehead atoms. The molecule has 0 amide bonds. The molecule has 1 aliphatic heterocycles. The lowest BCUT2D eigenvalue weighted by Crippen LogP contribution is -2.55. The van der Waals surface area contributed by atoms with Crippen molar-refractivity contribution >= 4 is 11.5 Å². The van der Waals surface area contributed by atoms with E-state index in [1.54, 1.807) is 6.92 Å². The van der Waals surface area contributed by atoms with Crippen molar-refractivity contribution in [3.63, 3.8) is 0 Å². The Balaban J connectivity index is 2.31. The Hall–Kier alpha value is -1.35. The fourth-order valence-corrected chi connectivity index (χ4v) is 2.53. The highest BCUT2D eigenvalue weighted by Crippen LogP contribution is 2.23. The zero-order valence-corrected chi connectivity index (χ0v) is 10.7. The Labute approximate surface area is 103 Å². The Morgan fingerprint density at radius 1 is 1.29 bits per heavy atom. The number of nitrogens with zero attached hydrogens (tertiary/aromatic N) is 1. The van der Waals surface area contributed by atoms with E-state index in [4.69, 9.17) is 0 Å². The van der Waals surface area contributed by atoms with Crippen molar-refractivity contribution in [1.29, 1.82) is 0 Å². The molecule has 1 saturated heterocycles. The van der Waals surface area contributed by atoms with E-state index in [1.807, 2.05) is 18.2 Å². The molecule has 92 valence electrons. The van der Waals surface area contributed by atoms with Crippen molar-refractivity contribution < 1.29 is 4.79 Å². The van der Waals surface area contributed by atoms with Gasteiger partial charge in [0, 0.05) is 36.4 Å². The number of benzene rings is 1. The predicted molar refractivity (Wildman–Crippen MR) is 70.7 cm³/mol. The van der Waals surface area contributed by atoms with E-state index in [-0.39, 0.29) is 5.78 Å². The highest BCUT2D eigenvalue weighted by atomic mass is 16.1. The number of piperazine rings is 1. The lowest BCUT2D eigenvalue weighted by molar-refractivity contribution is 0.101. The van der Waals surface area contributed by atoms with Crippen molar-refractivity contribution in [1.82, 2.24) is 5.32 Å². The zero-order valence-electron chi connectivity index (χ0n) is 10.7. The number of hydrogen-bond donors (Lipinski definition) is 1. The van der Waals surface area contributed by atoms with Crippen LogP contribution in [-0.4, -0.2) is 31.0 Å². The Bertz CT molecular complexity index is 406. The third-order valence-corrected chi connectivity index (χ3v) is 3.38. The molecule has 0 saturated carbocycles. The average molecular weight is 232 g/mol. The normalized spacial score (nSPS) is 24.8. The fraction of sp³-hybridized carbons (Fsp3) is 0.500. The van der Waals surface area contributed by atoms with Gasteiger partial charge in [-0.1, -0.05) is 12.1 Å². The molecule has 0 aliphatic carbocycles. The molecule has 2 rings (SSSR count). The summed E-state index contributed by atoms with van der Waals surface area (Å²) in [5.74, 6) is 0.127. The molecule has 1 aromatic carbocycles. The van der Waals surface area contributed by atoms with E-state index in [1.165, 1.54) is 0 Å². The summed E-state index contributed by atoms with van der Waals surface area (Å²) in [7, 11) is 0. The summed E-state index contributed by atoms with van der Waals surface area (Å²) in [5.41, 5.74) is 1.94. The maximum Gasteiger partial charge on any atom is 0.159 e. The molecule has 1 fully saturated rings. The van der Waals surface area contributed by atoms with Crippen LogP contribution >= 0.6 is 0 Å². The summed E-state index contributed by atoms with van der Waals surface area (Å²) < 4.78 is 0. The maximum atomic E-state index is 11.4. The Morgan fingerprint density at radius 2 is 1.94 bits per heavy atom. The molecule has 0 aromatic heterocycles. The van der Waals surface area contributed by atoms with Gasteiger partial charge in [-0.15, -0.1) is 0 Å². The van der Waals surface area contributed by atoms with E-state index in [2.05, 4.69) is 30.1 Å². The van der Waals surface area contributed by atoms with Gasteiger partial charge < -0.3 is 10.2 Å². The quantitative estimate of drug-likeness (QED) is 0.792. The summed E-state index contributed by atoms with van der Waals surface area (Å²) in [5, 5.41) is 3.41. The van der Waals surface area contributed by atoms with Crippen LogP contribution in [0.4, 0.5) is 5.69 Å². The summed E-state index contributed by atoms with van der Waals surface area (Å²) in [6, 6.07) is 8.85. The van der Waals surface area contributed by atoms with Gasteiger partial charge in [-0.25, -0.2) is 0 Å². The number of ketones is 1. The first-order valence-corrected chi connectivity index (χ1v) is 6.19. The van der Waals surface area contributed by atoms with Crippen LogP contribution in [0, 0.1) is 0 Å². The van der Waals surface area contributed by atoms with Gasteiger partial charge in [-0.05, 0) is 32.9 Å². The number of hydrogen-bond acceptors (Lipinski definition) is 3. The molecule has 1 aliphatic rings. The number of nitrogens with one attached hydrogen (secondary N) is 1. The SMILES string of the molecule is CC(=O)c1cccc(N2C(C)CNCC2C)c1. The van der Waals surface area contributed by atoms with Crippen LogP contribution in [0.3, 0.4) is 0 Å². The number of carbonyl (C=O) groups excluding carboxylic acids is 1. The van der Waals surface area contributed by atoms with Crippen LogP contribution in [0.5, 0.6) is 0 Å². The van der Waals surface area contributed by atoms with E-state index in [9.17, 15) is 4.79 Å². The Morgan fingerprint density at radius 3 is 2.53 bits per heavy atom. The third-order valence-electron chi connectivity index (χ3n) is 3.38. The van der Waals surface area contributed by atoms with Gasteiger partial charge in [0.15, 0.2) is 5.78 Å². The van der Waals surface area contributed by atoms with Gasteiger partial charge in [-0.3, -0.25) is 4.79 Å². The van der Waals surface area contributed by atoms with Gasteiger partial charge in [0.05, 0.1) is 0 Å². The molecule has 1 heterocycles. The van der Waals surface area contributed by atoms with Crippen LogP contribution in [0.25, 0.3) is 0 Å². The highest BCUT2D eigenvalue weighted by Gasteiger charge is 2.24. The number of rotatable bonds is 2. The number of anilines is 1. The summed E-state index contributed by atoms with van der Waals surface area (Å²) >= 11 is 0. The average Bonchev–Trinajstić information content (AvgIpc) is 2.29. The maximum absolute atomic E-state index is 11.4. The lowest BCUT2D eigenvalue weighted by Gasteiger charge is -2.41. The van der Waals surface area contributed by atoms with Crippen LogP contribution in [0.2, 0.25) is 0 Å². The molecule has 2 unspecified atom stereocenters. The molecule has 0 spiro atoms. The van der Waals surface area contributed by atoms with Crippen LogP contribution in [0.15, 0.2) is 24.3 Å². The number of Topliss-reactive ketones (excluding diaryl/α,β-unsaturated/α-hetero) is 1. The second-order valence-electron chi connectivity index (χ2n) is 4.87. The smallest absolute Gasteiger partial charge is 0.159 e. The van der Waals surface area contributed by atoms with Crippen LogP contribution < -0.4 is 10.2 Å². The van der Waals surface area contributed by atoms with E-state index in [0.29, 0.717) is 12.1 Å². The van der Waals surface area contributed by atoms with Gasteiger partial charge in [-0.2, -0.15) is 0 Å². The van der Waals surface area contributed by atoms with Gasteiger partial charge in [0.2, 0.25) is 0 Å². The third kappa shape index (κ3) is 2.50. The van der Waals surface area contributed by atoms with Crippen molar-refractivity contribution in [3.8, 4) is 0 Å². The molecule has 3 nitrogen and oxygen atoms in total. The van der Waals surface area contributed by atoms with Crippen LogP contribution in [0.1, 0.15) is 31.1 Å². The molecule has 1 N–H and O–H groups in total. The Kier molecular flexibility index (Phi) is 3.48. The van der Waals surface area contributed by atoms with Crippen LogP contribution in [-0.2, 0) is 0 Å². The van der Waals surface area contributed by atoms with E-state index >= 15 is 0 Å². The fourth-order valence-electron chi connectivity index (χ4n) is 2.53. The first-order chi connectivity index (χ1) is 8.09. The lowest BCUT2D eigenvalue weighted by atomic mass is 10.1. The summed E-state index contributed by atoms with van der Waals surface area (Å²) in [4.78, 5) is 13.8. The standard InChI is InChI=1S/C14H20N2O/c1-10-8-15-9-11(2)16(10)14-6-4-5-13(7-14)12(3)17/h4-7,10-11,15H,8-9H2,1-3H3. The van der Waals surface area contributed by atoms with E-state index < -0.39 is 0 Å².